The maximum atomic E-state index is 12.4. The van der Waals surface area contributed by atoms with E-state index in [1.165, 1.54) is 17.0 Å². The maximum absolute atomic E-state index is 12.4. The molecule has 0 aliphatic carbocycles. The van der Waals surface area contributed by atoms with Crippen molar-refractivity contribution in [2.75, 3.05) is 6.54 Å². The van der Waals surface area contributed by atoms with Gasteiger partial charge in [-0.2, -0.15) is 0 Å². The number of carboxylic acid groups (broad SMARTS) is 1. The van der Waals surface area contributed by atoms with Crippen molar-refractivity contribution >= 4 is 11.9 Å². The van der Waals surface area contributed by atoms with Gasteiger partial charge in [-0.3, -0.25) is 9.59 Å². The number of nitrogens with zero attached hydrogens (tertiary/aromatic N) is 1. The van der Waals surface area contributed by atoms with Crippen molar-refractivity contribution in [1.82, 2.24) is 4.90 Å². The molecule has 0 saturated carbocycles. The van der Waals surface area contributed by atoms with Crippen molar-refractivity contribution in [2.24, 2.45) is 0 Å². The number of amides is 1. The van der Waals surface area contributed by atoms with Gasteiger partial charge in [-0.05, 0) is 39.0 Å². The van der Waals surface area contributed by atoms with Crippen molar-refractivity contribution in [3.8, 4) is 11.5 Å². The molecule has 20 heavy (non-hydrogen) atoms. The topological polar surface area (TPSA) is 98.1 Å². The van der Waals surface area contributed by atoms with Crippen LogP contribution in [0.4, 0.5) is 0 Å². The molecule has 0 radical (unpaired) electrons. The number of carboxylic acids is 1. The lowest BCUT2D eigenvalue weighted by atomic mass is 10.0. The monoisotopic (exact) mass is 281 g/mol. The fraction of sp³-hybridized carbons (Fsp3) is 0.429. The summed E-state index contributed by atoms with van der Waals surface area (Å²) < 4.78 is 0. The number of phenols is 2. The van der Waals surface area contributed by atoms with E-state index in [1.807, 2.05) is 0 Å². The summed E-state index contributed by atoms with van der Waals surface area (Å²) in [5, 5.41) is 27.4. The lowest BCUT2D eigenvalue weighted by molar-refractivity contribution is -0.137. The van der Waals surface area contributed by atoms with Crippen molar-refractivity contribution in [2.45, 2.75) is 32.7 Å². The van der Waals surface area contributed by atoms with E-state index < -0.39 is 17.4 Å². The Morgan fingerprint density at radius 2 is 1.75 bits per heavy atom. The van der Waals surface area contributed by atoms with Crippen LogP contribution in [0.5, 0.6) is 11.5 Å². The summed E-state index contributed by atoms with van der Waals surface area (Å²) in [7, 11) is 0. The molecule has 1 amide bonds. The molecule has 6 heteroatoms. The Hall–Kier alpha value is -2.24. The molecule has 1 rings (SSSR count). The highest BCUT2D eigenvalue weighted by Crippen LogP contribution is 2.27. The third-order valence-corrected chi connectivity index (χ3v) is 2.83. The molecular formula is C14H19NO5. The molecule has 0 saturated heterocycles. The Labute approximate surface area is 117 Å². The molecule has 3 N–H and O–H groups in total. The maximum Gasteiger partial charge on any atom is 0.305 e. The number of hydrogen-bond acceptors (Lipinski definition) is 4. The average molecular weight is 281 g/mol. The van der Waals surface area contributed by atoms with Crippen molar-refractivity contribution in [3.05, 3.63) is 23.8 Å². The first-order chi connectivity index (χ1) is 9.12. The van der Waals surface area contributed by atoms with E-state index in [4.69, 9.17) is 5.11 Å². The predicted molar refractivity (Wildman–Crippen MR) is 72.8 cm³/mol. The minimum Gasteiger partial charge on any atom is -0.504 e. The molecule has 0 unspecified atom stereocenters. The summed E-state index contributed by atoms with van der Waals surface area (Å²) >= 11 is 0. The highest BCUT2D eigenvalue weighted by Gasteiger charge is 2.28. The normalized spacial score (nSPS) is 11.2. The average Bonchev–Trinajstić information content (AvgIpc) is 2.30. The Balaban J connectivity index is 3.03. The van der Waals surface area contributed by atoms with Crippen LogP contribution in [-0.2, 0) is 4.79 Å². The molecule has 0 atom stereocenters. The van der Waals surface area contributed by atoms with Crippen LogP contribution < -0.4 is 0 Å². The highest BCUT2D eigenvalue weighted by atomic mass is 16.4. The molecule has 6 nitrogen and oxygen atoms in total. The van der Waals surface area contributed by atoms with Crippen LogP contribution in [0.15, 0.2) is 18.2 Å². The quantitative estimate of drug-likeness (QED) is 0.731. The molecule has 0 fully saturated rings. The van der Waals surface area contributed by atoms with E-state index in [-0.39, 0.29) is 30.0 Å². The number of aromatic hydroxyl groups is 2. The van der Waals surface area contributed by atoms with Gasteiger partial charge in [-0.25, -0.2) is 0 Å². The van der Waals surface area contributed by atoms with Crippen LogP contribution in [0.3, 0.4) is 0 Å². The van der Waals surface area contributed by atoms with Gasteiger partial charge in [-0.15, -0.1) is 0 Å². The number of carbonyl (C=O) groups is 2. The molecule has 0 aromatic heterocycles. The molecular weight excluding hydrogens is 262 g/mol. The van der Waals surface area contributed by atoms with Gasteiger partial charge < -0.3 is 20.2 Å². The van der Waals surface area contributed by atoms with Crippen molar-refractivity contribution < 1.29 is 24.9 Å². The SMILES string of the molecule is CC(C)(C)N(CCC(=O)O)C(=O)c1ccc(O)c(O)c1. The second-order valence-electron chi connectivity index (χ2n) is 5.47. The van der Waals surface area contributed by atoms with Crippen LogP contribution in [0.1, 0.15) is 37.6 Å². The van der Waals surface area contributed by atoms with E-state index in [1.54, 1.807) is 20.8 Å². The Morgan fingerprint density at radius 1 is 1.15 bits per heavy atom. The summed E-state index contributed by atoms with van der Waals surface area (Å²) in [6, 6.07) is 3.77. The zero-order valence-electron chi connectivity index (χ0n) is 11.8. The van der Waals surface area contributed by atoms with E-state index in [9.17, 15) is 19.8 Å². The van der Waals surface area contributed by atoms with Gasteiger partial charge >= 0.3 is 5.97 Å². The van der Waals surface area contributed by atoms with E-state index >= 15 is 0 Å². The van der Waals surface area contributed by atoms with Gasteiger partial charge in [0, 0.05) is 17.6 Å². The van der Waals surface area contributed by atoms with Crippen LogP contribution in [-0.4, -0.2) is 44.2 Å². The van der Waals surface area contributed by atoms with E-state index in [2.05, 4.69) is 0 Å². The van der Waals surface area contributed by atoms with Gasteiger partial charge in [-0.1, -0.05) is 0 Å². The summed E-state index contributed by atoms with van der Waals surface area (Å²) in [5.41, 5.74) is -0.361. The van der Waals surface area contributed by atoms with Crippen molar-refractivity contribution in [3.63, 3.8) is 0 Å². The molecule has 1 aromatic carbocycles. The summed E-state index contributed by atoms with van der Waals surface area (Å²) in [5.74, 6) is -2.08. The lowest BCUT2D eigenvalue weighted by Gasteiger charge is -2.35. The fourth-order valence-electron chi connectivity index (χ4n) is 1.76. The number of phenolic OH excluding ortho intramolecular Hbond substituents is 2. The smallest absolute Gasteiger partial charge is 0.305 e. The largest absolute Gasteiger partial charge is 0.504 e. The fourth-order valence-corrected chi connectivity index (χ4v) is 1.76. The predicted octanol–water partition coefficient (Wildman–Crippen LogP) is 1.81. The first-order valence-electron chi connectivity index (χ1n) is 6.18. The molecule has 0 bridgehead atoms. The van der Waals surface area contributed by atoms with Crippen molar-refractivity contribution in [1.29, 1.82) is 0 Å². The van der Waals surface area contributed by atoms with E-state index in [0.29, 0.717) is 0 Å². The highest BCUT2D eigenvalue weighted by molar-refractivity contribution is 5.95. The second-order valence-corrected chi connectivity index (χ2v) is 5.47. The number of carbonyl (C=O) groups excluding carboxylic acids is 1. The first-order valence-corrected chi connectivity index (χ1v) is 6.18. The minimum absolute atomic E-state index is 0.0688. The molecule has 110 valence electrons. The zero-order chi connectivity index (χ0) is 15.5. The van der Waals surface area contributed by atoms with E-state index in [0.717, 1.165) is 6.07 Å². The number of rotatable bonds is 4. The summed E-state index contributed by atoms with van der Waals surface area (Å²) in [4.78, 5) is 24.5. The molecule has 0 aliphatic rings. The second kappa shape index (κ2) is 5.81. The number of hydrogen-bond donors (Lipinski definition) is 3. The Kier molecular flexibility index (Phi) is 4.60. The Morgan fingerprint density at radius 3 is 2.20 bits per heavy atom. The summed E-state index contributed by atoms with van der Waals surface area (Å²) in [6.07, 6.45) is -0.160. The van der Waals surface area contributed by atoms with Crippen LogP contribution in [0.25, 0.3) is 0 Å². The Bertz CT molecular complexity index is 519. The standard InChI is InChI=1S/C14H19NO5/c1-14(2,3)15(7-6-12(18)19)13(20)9-4-5-10(16)11(17)8-9/h4-5,8,16-17H,6-7H2,1-3H3,(H,18,19). The lowest BCUT2D eigenvalue weighted by Crippen LogP contribution is -2.46. The van der Waals surface area contributed by atoms with Gasteiger partial charge in [0.2, 0.25) is 0 Å². The number of aliphatic carboxylic acids is 1. The van der Waals surface area contributed by atoms with Crippen LogP contribution in [0, 0.1) is 0 Å². The molecule has 0 spiro atoms. The van der Waals surface area contributed by atoms with Gasteiger partial charge in [0.05, 0.1) is 6.42 Å². The third kappa shape index (κ3) is 3.88. The first kappa shape index (κ1) is 15.8. The van der Waals surface area contributed by atoms with Crippen LogP contribution >= 0.6 is 0 Å². The van der Waals surface area contributed by atoms with Gasteiger partial charge in [0.1, 0.15) is 0 Å². The third-order valence-electron chi connectivity index (χ3n) is 2.83. The van der Waals surface area contributed by atoms with Gasteiger partial charge in [0.15, 0.2) is 11.5 Å². The van der Waals surface area contributed by atoms with Crippen LogP contribution in [0.2, 0.25) is 0 Å². The summed E-state index contributed by atoms with van der Waals surface area (Å²) in [6.45, 7) is 5.46. The number of benzene rings is 1. The zero-order valence-corrected chi connectivity index (χ0v) is 11.8. The molecule has 0 heterocycles. The molecule has 0 aliphatic heterocycles. The minimum atomic E-state index is -0.986. The molecule has 1 aromatic rings. The van der Waals surface area contributed by atoms with Gasteiger partial charge in [0.25, 0.3) is 5.91 Å².